The fraction of sp³-hybridized carbons (Fsp3) is 0.250. The summed E-state index contributed by atoms with van der Waals surface area (Å²) in [6, 6.07) is 13.0. The summed E-state index contributed by atoms with van der Waals surface area (Å²) in [4.78, 5) is 0. The molecule has 0 aliphatic carbocycles. The van der Waals surface area contributed by atoms with E-state index in [4.69, 9.17) is 0 Å². The van der Waals surface area contributed by atoms with Crippen LogP contribution >= 0.6 is 0 Å². The molecule has 0 heterocycles. The van der Waals surface area contributed by atoms with E-state index in [0.29, 0.717) is 13.0 Å². The van der Waals surface area contributed by atoms with Crippen molar-refractivity contribution >= 4 is 0 Å². The molecule has 1 atom stereocenters. The molecule has 0 aromatic heterocycles. The Morgan fingerprint density at radius 1 is 1.05 bits per heavy atom. The largest absolute Gasteiger partial charge is 0.391 e. The van der Waals surface area contributed by atoms with E-state index in [0.717, 1.165) is 23.8 Å². The molecule has 2 aromatic carbocycles. The number of benzene rings is 2. The Kier molecular flexibility index (Phi) is 5.21. The highest BCUT2D eigenvalue weighted by Gasteiger charge is 2.07. The van der Waals surface area contributed by atoms with Crippen molar-refractivity contribution in [3.05, 3.63) is 71.3 Å². The van der Waals surface area contributed by atoms with E-state index in [1.165, 1.54) is 0 Å². The van der Waals surface area contributed by atoms with Crippen LogP contribution in [0.1, 0.15) is 11.1 Å². The highest BCUT2D eigenvalue weighted by atomic mass is 19.1. The van der Waals surface area contributed by atoms with Crippen molar-refractivity contribution in [2.75, 3.05) is 6.54 Å². The molecule has 2 rings (SSSR count). The maximum atomic E-state index is 13.4. The molecule has 2 aromatic rings. The van der Waals surface area contributed by atoms with Crippen LogP contribution < -0.4 is 5.32 Å². The van der Waals surface area contributed by atoms with Crippen LogP contribution in [0.2, 0.25) is 0 Å². The normalized spacial score (nSPS) is 12.3. The van der Waals surface area contributed by atoms with Crippen molar-refractivity contribution in [2.45, 2.75) is 19.1 Å². The van der Waals surface area contributed by atoms with Gasteiger partial charge >= 0.3 is 0 Å². The lowest BCUT2D eigenvalue weighted by Gasteiger charge is -2.12. The Morgan fingerprint density at radius 3 is 2.55 bits per heavy atom. The molecular weight excluding hydrogens is 260 g/mol. The van der Waals surface area contributed by atoms with Gasteiger partial charge in [0.25, 0.3) is 0 Å². The van der Waals surface area contributed by atoms with Gasteiger partial charge in [-0.1, -0.05) is 30.3 Å². The van der Waals surface area contributed by atoms with E-state index in [1.54, 1.807) is 0 Å². The second kappa shape index (κ2) is 7.12. The van der Waals surface area contributed by atoms with Gasteiger partial charge in [-0.2, -0.15) is 0 Å². The van der Waals surface area contributed by atoms with Crippen molar-refractivity contribution in [1.29, 1.82) is 0 Å². The molecule has 0 saturated carbocycles. The van der Waals surface area contributed by atoms with Gasteiger partial charge in [-0.3, -0.25) is 0 Å². The van der Waals surface area contributed by atoms with Gasteiger partial charge in [0.05, 0.1) is 6.10 Å². The zero-order valence-electron chi connectivity index (χ0n) is 11.0. The van der Waals surface area contributed by atoms with Crippen molar-refractivity contribution < 1.29 is 13.9 Å². The highest BCUT2D eigenvalue weighted by Crippen LogP contribution is 2.09. The summed E-state index contributed by atoms with van der Waals surface area (Å²) in [5.74, 6) is -0.913. The van der Waals surface area contributed by atoms with Crippen LogP contribution in [0.15, 0.2) is 48.5 Å². The summed E-state index contributed by atoms with van der Waals surface area (Å²) in [5, 5.41) is 12.8. The van der Waals surface area contributed by atoms with Crippen LogP contribution in [0, 0.1) is 11.6 Å². The zero-order valence-corrected chi connectivity index (χ0v) is 11.0. The van der Waals surface area contributed by atoms with Crippen molar-refractivity contribution in [3.63, 3.8) is 0 Å². The first-order valence-electron chi connectivity index (χ1n) is 6.52. The summed E-state index contributed by atoms with van der Waals surface area (Å²) < 4.78 is 26.3. The van der Waals surface area contributed by atoms with Crippen molar-refractivity contribution in [1.82, 2.24) is 5.32 Å². The van der Waals surface area contributed by atoms with Gasteiger partial charge in [0.2, 0.25) is 0 Å². The fourth-order valence-electron chi connectivity index (χ4n) is 2.01. The van der Waals surface area contributed by atoms with Crippen LogP contribution in [0.4, 0.5) is 8.78 Å². The smallest absolute Gasteiger partial charge is 0.127 e. The number of hydrogen-bond acceptors (Lipinski definition) is 2. The Bertz CT molecular complexity index is 545. The van der Waals surface area contributed by atoms with Gasteiger partial charge in [0.1, 0.15) is 11.6 Å². The molecule has 0 fully saturated rings. The summed E-state index contributed by atoms with van der Waals surface area (Å²) in [6.45, 7) is 0.514. The molecule has 106 valence electrons. The maximum Gasteiger partial charge on any atom is 0.127 e. The highest BCUT2D eigenvalue weighted by molar-refractivity contribution is 5.18. The average Bonchev–Trinajstić information content (AvgIpc) is 2.44. The third kappa shape index (κ3) is 4.40. The van der Waals surface area contributed by atoms with Crippen molar-refractivity contribution in [2.24, 2.45) is 0 Å². The quantitative estimate of drug-likeness (QED) is 0.851. The average molecular weight is 277 g/mol. The van der Waals surface area contributed by atoms with E-state index >= 15 is 0 Å². The summed E-state index contributed by atoms with van der Waals surface area (Å²) in [6.07, 6.45) is -0.0338. The van der Waals surface area contributed by atoms with Crippen molar-refractivity contribution in [3.8, 4) is 0 Å². The topological polar surface area (TPSA) is 32.3 Å². The first kappa shape index (κ1) is 14.6. The first-order valence-corrected chi connectivity index (χ1v) is 6.52. The minimum atomic E-state index is -0.561. The van der Waals surface area contributed by atoms with E-state index < -0.39 is 17.7 Å². The van der Waals surface area contributed by atoms with Crippen LogP contribution in [0.25, 0.3) is 0 Å². The number of rotatable bonds is 6. The van der Waals surface area contributed by atoms with E-state index in [2.05, 4.69) is 5.32 Å². The van der Waals surface area contributed by atoms with Crippen LogP contribution in [-0.4, -0.2) is 17.8 Å². The maximum absolute atomic E-state index is 13.4. The lowest BCUT2D eigenvalue weighted by Crippen LogP contribution is -2.28. The number of nitrogens with one attached hydrogen (secondary N) is 1. The summed E-state index contributed by atoms with van der Waals surface area (Å²) in [7, 11) is 0. The summed E-state index contributed by atoms with van der Waals surface area (Å²) >= 11 is 0. The second-order valence-corrected chi connectivity index (χ2v) is 4.71. The molecule has 0 aliphatic rings. The molecule has 4 heteroatoms. The minimum absolute atomic E-state index is 0.190. The predicted molar refractivity (Wildman–Crippen MR) is 74.2 cm³/mol. The molecule has 0 saturated heterocycles. The molecule has 0 amide bonds. The van der Waals surface area contributed by atoms with Gasteiger partial charge < -0.3 is 10.4 Å². The Balaban J connectivity index is 1.79. The first-order chi connectivity index (χ1) is 9.65. The monoisotopic (exact) mass is 277 g/mol. The number of aliphatic hydroxyl groups excluding tert-OH is 1. The number of halogens is 2. The lowest BCUT2D eigenvalue weighted by atomic mass is 10.1. The molecular formula is C16H17F2NO. The fourth-order valence-corrected chi connectivity index (χ4v) is 2.01. The number of hydrogen-bond donors (Lipinski definition) is 2. The van der Waals surface area contributed by atoms with Gasteiger partial charge in [-0.25, -0.2) is 8.78 Å². The molecule has 0 aliphatic heterocycles. The van der Waals surface area contributed by atoms with Gasteiger partial charge in [-0.15, -0.1) is 0 Å². The molecule has 20 heavy (non-hydrogen) atoms. The van der Waals surface area contributed by atoms with E-state index in [9.17, 15) is 13.9 Å². The number of aliphatic hydroxyl groups is 1. The molecule has 0 spiro atoms. The van der Waals surface area contributed by atoms with Crippen LogP contribution in [-0.2, 0) is 13.0 Å². The third-order valence-corrected chi connectivity index (χ3v) is 3.02. The third-order valence-electron chi connectivity index (χ3n) is 3.02. The van der Waals surface area contributed by atoms with E-state index in [-0.39, 0.29) is 12.1 Å². The van der Waals surface area contributed by atoms with E-state index in [1.807, 2.05) is 30.3 Å². The lowest BCUT2D eigenvalue weighted by molar-refractivity contribution is 0.171. The second-order valence-electron chi connectivity index (χ2n) is 4.71. The molecule has 2 nitrogen and oxygen atoms in total. The molecule has 0 bridgehead atoms. The predicted octanol–water partition coefficient (Wildman–Crippen LogP) is 2.66. The Morgan fingerprint density at radius 2 is 1.80 bits per heavy atom. The van der Waals surface area contributed by atoms with Crippen LogP contribution in [0.5, 0.6) is 0 Å². The van der Waals surface area contributed by atoms with Gasteiger partial charge in [0, 0.05) is 18.7 Å². The Hall–Kier alpha value is -1.78. The van der Waals surface area contributed by atoms with Crippen LogP contribution in [0.3, 0.4) is 0 Å². The van der Waals surface area contributed by atoms with Gasteiger partial charge in [0.15, 0.2) is 0 Å². The SMILES string of the molecule is OC(CNCc1cc(F)ccc1F)Cc1ccccc1. The standard InChI is InChI=1S/C16H17F2NO/c17-14-6-7-16(18)13(9-14)10-19-11-15(20)8-12-4-2-1-3-5-12/h1-7,9,15,19-20H,8,10-11H2. The zero-order chi connectivity index (χ0) is 14.4. The summed E-state index contributed by atoms with van der Waals surface area (Å²) in [5.41, 5.74) is 1.30. The molecule has 2 N–H and O–H groups in total. The van der Waals surface area contributed by atoms with Gasteiger partial charge in [-0.05, 0) is 30.2 Å². The minimum Gasteiger partial charge on any atom is -0.391 e. The molecule has 1 unspecified atom stereocenters. The Labute approximate surface area is 117 Å². The molecule has 0 radical (unpaired) electrons.